The standard InChI is InChI=1S/C13H13N3O3/c14-12-7-10(3-6-13(12)16(18)19)15-8-9-1-4-11(17)5-2-9/h1-7,15,17H,8,14H2. The summed E-state index contributed by atoms with van der Waals surface area (Å²) >= 11 is 0. The van der Waals surface area contributed by atoms with Crippen molar-refractivity contribution in [2.45, 2.75) is 6.54 Å². The second kappa shape index (κ2) is 5.26. The van der Waals surface area contributed by atoms with Crippen LogP contribution < -0.4 is 11.1 Å². The number of hydrogen-bond donors (Lipinski definition) is 3. The number of phenols is 1. The highest BCUT2D eigenvalue weighted by molar-refractivity contribution is 5.65. The summed E-state index contributed by atoms with van der Waals surface area (Å²) in [5.74, 6) is 0.211. The predicted molar refractivity (Wildman–Crippen MR) is 72.9 cm³/mol. The molecule has 0 bridgehead atoms. The van der Waals surface area contributed by atoms with Crippen molar-refractivity contribution in [1.82, 2.24) is 0 Å². The summed E-state index contributed by atoms with van der Waals surface area (Å²) in [5, 5.41) is 22.9. The Hall–Kier alpha value is -2.76. The maximum Gasteiger partial charge on any atom is 0.292 e. The van der Waals surface area contributed by atoms with E-state index in [0.717, 1.165) is 5.56 Å². The van der Waals surface area contributed by atoms with Crippen molar-refractivity contribution < 1.29 is 10.0 Å². The fraction of sp³-hybridized carbons (Fsp3) is 0.0769. The van der Waals surface area contributed by atoms with Crippen molar-refractivity contribution in [3.05, 3.63) is 58.1 Å². The van der Waals surface area contributed by atoms with Crippen LogP contribution in [0.3, 0.4) is 0 Å². The van der Waals surface area contributed by atoms with E-state index in [4.69, 9.17) is 10.8 Å². The Labute approximate surface area is 109 Å². The fourth-order valence-electron chi connectivity index (χ4n) is 1.65. The van der Waals surface area contributed by atoms with E-state index in [1.54, 1.807) is 30.3 Å². The van der Waals surface area contributed by atoms with E-state index in [1.807, 2.05) is 0 Å². The van der Waals surface area contributed by atoms with Crippen molar-refractivity contribution in [1.29, 1.82) is 0 Å². The average molecular weight is 259 g/mol. The summed E-state index contributed by atoms with van der Waals surface area (Å²) in [6, 6.07) is 11.3. The number of rotatable bonds is 4. The molecule has 0 spiro atoms. The van der Waals surface area contributed by atoms with Gasteiger partial charge in [0, 0.05) is 18.3 Å². The molecule has 19 heavy (non-hydrogen) atoms. The van der Waals surface area contributed by atoms with Gasteiger partial charge < -0.3 is 16.2 Å². The molecule has 4 N–H and O–H groups in total. The van der Waals surface area contributed by atoms with Crippen LogP contribution >= 0.6 is 0 Å². The van der Waals surface area contributed by atoms with Crippen LogP contribution in [-0.2, 0) is 6.54 Å². The lowest BCUT2D eigenvalue weighted by Gasteiger charge is -2.07. The Kier molecular flexibility index (Phi) is 3.51. The zero-order valence-electron chi connectivity index (χ0n) is 10.0. The number of nitrogens with two attached hydrogens (primary N) is 1. The molecule has 2 rings (SSSR count). The molecule has 0 amide bonds. The van der Waals surface area contributed by atoms with Crippen LogP contribution in [0.5, 0.6) is 5.75 Å². The van der Waals surface area contributed by atoms with Crippen molar-refractivity contribution in [2.75, 3.05) is 11.1 Å². The lowest BCUT2D eigenvalue weighted by atomic mass is 10.2. The van der Waals surface area contributed by atoms with Crippen LogP contribution in [0.2, 0.25) is 0 Å². The van der Waals surface area contributed by atoms with Gasteiger partial charge in [-0.25, -0.2) is 0 Å². The van der Waals surface area contributed by atoms with Gasteiger partial charge >= 0.3 is 0 Å². The van der Waals surface area contributed by atoms with Crippen LogP contribution in [0.25, 0.3) is 0 Å². The highest BCUT2D eigenvalue weighted by Crippen LogP contribution is 2.25. The Bertz CT molecular complexity index is 597. The molecule has 0 saturated carbocycles. The van der Waals surface area contributed by atoms with Gasteiger partial charge in [0.15, 0.2) is 0 Å². The maximum absolute atomic E-state index is 10.6. The molecule has 0 radical (unpaired) electrons. The van der Waals surface area contributed by atoms with E-state index >= 15 is 0 Å². The molecule has 0 aromatic heterocycles. The van der Waals surface area contributed by atoms with Gasteiger partial charge in [0.2, 0.25) is 0 Å². The van der Waals surface area contributed by atoms with Crippen molar-refractivity contribution >= 4 is 17.1 Å². The fourth-order valence-corrected chi connectivity index (χ4v) is 1.65. The number of nitrogen functional groups attached to an aromatic ring is 1. The monoisotopic (exact) mass is 259 g/mol. The van der Waals surface area contributed by atoms with E-state index < -0.39 is 4.92 Å². The Morgan fingerprint density at radius 1 is 1.21 bits per heavy atom. The third kappa shape index (κ3) is 3.12. The summed E-state index contributed by atoms with van der Waals surface area (Å²) < 4.78 is 0. The first-order valence-corrected chi connectivity index (χ1v) is 5.62. The number of phenolic OH excluding ortho intramolecular Hbond substituents is 1. The smallest absolute Gasteiger partial charge is 0.292 e. The van der Waals surface area contributed by atoms with Crippen LogP contribution in [0, 0.1) is 10.1 Å². The minimum Gasteiger partial charge on any atom is -0.508 e. The molecule has 0 fully saturated rings. The van der Waals surface area contributed by atoms with Crippen LogP contribution in [0.15, 0.2) is 42.5 Å². The summed E-state index contributed by atoms with van der Waals surface area (Å²) in [7, 11) is 0. The number of hydrogen-bond acceptors (Lipinski definition) is 5. The van der Waals surface area contributed by atoms with Crippen LogP contribution in [0.4, 0.5) is 17.1 Å². The zero-order valence-corrected chi connectivity index (χ0v) is 10.0. The summed E-state index contributed by atoms with van der Waals surface area (Å²) in [6.45, 7) is 0.539. The molecule has 0 heterocycles. The number of aromatic hydroxyl groups is 1. The van der Waals surface area contributed by atoms with Gasteiger partial charge in [-0.3, -0.25) is 10.1 Å². The predicted octanol–water partition coefficient (Wildman–Crippen LogP) is 2.49. The molecular formula is C13H13N3O3. The van der Waals surface area contributed by atoms with Crippen molar-refractivity contribution in [3.8, 4) is 5.75 Å². The molecule has 98 valence electrons. The summed E-state index contributed by atoms with van der Waals surface area (Å²) in [4.78, 5) is 10.1. The molecule has 0 aliphatic rings. The van der Waals surface area contributed by atoms with Gasteiger partial charge in [-0.15, -0.1) is 0 Å². The molecule has 0 atom stereocenters. The third-order valence-electron chi connectivity index (χ3n) is 2.66. The van der Waals surface area contributed by atoms with E-state index in [0.29, 0.717) is 12.2 Å². The molecule has 0 unspecified atom stereocenters. The third-order valence-corrected chi connectivity index (χ3v) is 2.66. The van der Waals surface area contributed by atoms with Crippen LogP contribution in [-0.4, -0.2) is 10.0 Å². The topological polar surface area (TPSA) is 101 Å². The second-order valence-electron chi connectivity index (χ2n) is 4.05. The molecule has 6 nitrogen and oxygen atoms in total. The van der Waals surface area contributed by atoms with Crippen molar-refractivity contribution in [2.24, 2.45) is 0 Å². The number of nitro groups is 1. The highest BCUT2D eigenvalue weighted by Gasteiger charge is 2.10. The van der Waals surface area contributed by atoms with Gasteiger partial charge in [0.05, 0.1) is 4.92 Å². The van der Waals surface area contributed by atoms with E-state index in [1.165, 1.54) is 12.1 Å². The number of nitrogens with one attached hydrogen (secondary N) is 1. The van der Waals surface area contributed by atoms with Gasteiger partial charge in [-0.2, -0.15) is 0 Å². The Balaban J connectivity index is 2.06. The van der Waals surface area contributed by atoms with Gasteiger partial charge in [0.25, 0.3) is 5.69 Å². The summed E-state index contributed by atoms with van der Waals surface area (Å²) in [5.41, 5.74) is 7.31. The molecule has 6 heteroatoms. The molecule has 2 aromatic rings. The second-order valence-corrected chi connectivity index (χ2v) is 4.05. The van der Waals surface area contributed by atoms with Gasteiger partial charge in [0.1, 0.15) is 11.4 Å². The molecular weight excluding hydrogens is 246 g/mol. The molecule has 0 aliphatic heterocycles. The van der Waals surface area contributed by atoms with E-state index in [-0.39, 0.29) is 17.1 Å². The molecule has 2 aromatic carbocycles. The van der Waals surface area contributed by atoms with E-state index in [9.17, 15) is 10.1 Å². The minimum absolute atomic E-state index is 0.102. The Morgan fingerprint density at radius 2 is 1.89 bits per heavy atom. The minimum atomic E-state index is -0.515. The van der Waals surface area contributed by atoms with Crippen LogP contribution in [0.1, 0.15) is 5.56 Å². The zero-order chi connectivity index (χ0) is 13.8. The quantitative estimate of drug-likeness (QED) is 0.445. The first-order chi connectivity index (χ1) is 9.06. The first kappa shape index (κ1) is 12.7. The number of nitro benzene ring substituents is 1. The van der Waals surface area contributed by atoms with Gasteiger partial charge in [-0.1, -0.05) is 12.1 Å². The number of nitrogens with zero attached hydrogens (tertiary/aromatic N) is 1. The Morgan fingerprint density at radius 3 is 2.47 bits per heavy atom. The SMILES string of the molecule is Nc1cc(NCc2ccc(O)cc2)ccc1[N+](=O)[O-]. The molecule has 0 aliphatic carbocycles. The van der Waals surface area contributed by atoms with E-state index in [2.05, 4.69) is 5.32 Å². The molecule has 0 saturated heterocycles. The number of benzene rings is 2. The first-order valence-electron chi connectivity index (χ1n) is 5.62. The average Bonchev–Trinajstić information content (AvgIpc) is 2.37. The normalized spacial score (nSPS) is 10.1. The number of anilines is 2. The lowest BCUT2D eigenvalue weighted by Crippen LogP contribution is -2.01. The van der Waals surface area contributed by atoms with Crippen molar-refractivity contribution in [3.63, 3.8) is 0 Å². The summed E-state index contributed by atoms with van der Waals surface area (Å²) in [6.07, 6.45) is 0. The maximum atomic E-state index is 10.6. The lowest BCUT2D eigenvalue weighted by molar-refractivity contribution is -0.383. The van der Waals surface area contributed by atoms with Gasteiger partial charge in [-0.05, 0) is 29.8 Å². The highest BCUT2D eigenvalue weighted by atomic mass is 16.6. The largest absolute Gasteiger partial charge is 0.508 e.